The van der Waals surface area contributed by atoms with E-state index in [1.54, 1.807) is 4.88 Å². The highest BCUT2D eigenvalue weighted by molar-refractivity contribution is 9.11. The summed E-state index contributed by atoms with van der Waals surface area (Å²) in [6.07, 6.45) is 3.77. The summed E-state index contributed by atoms with van der Waals surface area (Å²) in [7, 11) is 0. The van der Waals surface area contributed by atoms with Gasteiger partial charge in [-0.3, -0.25) is 0 Å². The topological polar surface area (TPSA) is 12.0 Å². The number of benzene rings is 1. The molecule has 0 saturated heterocycles. The molecule has 1 aliphatic rings. The van der Waals surface area contributed by atoms with E-state index in [0.717, 1.165) is 0 Å². The highest BCUT2D eigenvalue weighted by atomic mass is 79.9. The summed E-state index contributed by atoms with van der Waals surface area (Å²) < 4.78 is 1.26. The van der Waals surface area contributed by atoms with Crippen LogP contribution >= 0.6 is 27.3 Å². The van der Waals surface area contributed by atoms with Gasteiger partial charge in [-0.25, -0.2) is 0 Å². The standard InChI is InChI=1S/C17H20BrNS/c1-11-6-3-4-7-13(11)12(2)19-15-8-5-9-16-14(15)10-17(18)20-16/h3-4,6-7,10,12,15,19H,5,8-9H2,1-2H3. The Morgan fingerprint density at radius 1 is 1.35 bits per heavy atom. The molecule has 2 aromatic rings. The molecule has 20 heavy (non-hydrogen) atoms. The second kappa shape index (κ2) is 6.00. The van der Waals surface area contributed by atoms with Crippen molar-refractivity contribution in [2.75, 3.05) is 0 Å². The van der Waals surface area contributed by atoms with Gasteiger partial charge in [0.25, 0.3) is 0 Å². The zero-order chi connectivity index (χ0) is 14.1. The van der Waals surface area contributed by atoms with Gasteiger partial charge < -0.3 is 5.32 Å². The Morgan fingerprint density at radius 3 is 2.95 bits per heavy atom. The molecule has 1 heterocycles. The van der Waals surface area contributed by atoms with E-state index in [2.05, 4.69) is 65.4 Å². The maximum Gasteiger partial charge on any atom is 0.0704 e. The van der Waals surface area contributed by atoms with Crippen LogP contribution in [0.5, 0.6) is 0 Å². The zero-order valence-corrected chi connectivity index (χ0v) is 14.4. The van der Waals surface area contributed by atoms with Gasteiger partial charge >= 0.3 is 0 Å². The molecule has 1 aliphatic carbocycles. The maximum atomic E-state index is 3.83. The van der Waals surface area contributed by atoms with Gasteiger partial charge in [-0.1, -0.05) is 24.3 Å². The minimum Gasteiger partial charge on any atom is -0.303 e. The molecule has 0 spiro atoms. The lowest BCUT2D eigenvalue weighted by molar-refractivity contribution is 0.417. The number of hydrogen-bond donors (Lipinski definition) is 1. The van der Waals surface area contributed by atoms with Crippen LogP contribution in [0.3, 0.4) is 0 Å². The van der Waals surface area contributed by atoms with Crippen molar-refractivity contribution in [1.29, 1.82) is 0 Å². The van der Waals surface area contributed by atoms with Crippen molar-refractivity contribution in [1.82, 2.24) is 5.32 Å². The lowest BCUT2D eigenvalue weighted by atomic mass is 9.92. The third-order valence-corrected chi connectivity index (χ3v) is 5.90. The van der Waals surface area contributed by atoms with Gasteiger partial charge in [-0.15, -0.1) is 11.3 Å². The van der Waals surface area contributed by atoms with Crippen molar-refractivity contribution in [2.24, 2.45) is 0 Å². The fourth-order valence-corrected chi connectivity index (χ4v) is 4.98. The van der Waals surface area contributed by atoms with Crippen LogP contribution in [0.4, 0.5) is 0 Å². The monoisotopic (exact) mass is 349 g/mol. The number of hydrogen-bond acceptors (Lipinski definition) is 2. The van der Waals surface area contributed by atoms with Crippen LogP contribution in [0.25, 0.3) is 0 Å². The summed E-state index contributed by atoms with van der Waals surface area (Å²) in [6.45, 7) is 4.47. The van der Waals surface area contributed by atoms with Crippen LogP contribution in [0.1, 0.15) is 53.4 Å². The summed E-state index contributed by atoms with van der Waals surface area (Å²) in [4.78, 5) is 1.55. The van der Waals surface area contributed by atoms with Crippen LogP contribution in [-0.2, 0) is 6.42 Å². The van der Waals surface area contributed by atoms with E-state index in [1.165, 1.54) is 39.7 Å². The van der Waals surface area contributed by atoms with E-state index in [0.29, 0.717) is 12.1 Å². The largest absolute Gasteiger partial charge is 0.303 e. The third kappa shape index (κ3) is 2.85. The van der Waals surface area contributed by atoms with Crippen molar-refractivity contribution in [3.8, 4) is 0 Å². The van der Waals surface area contributed by atoms with Crippen molar-refractivity contribution < 1.29 is 0 Å². The van der Waals surface area contributed by atoms with Gasteiger partial charge in [0.2, 0.25) is 0 Å². The van der Waals surface area contributed by atoms with E-state index in [9.17, 15) is 0 Å². The molecule has 1 nitrogen and oxygen atoms in total. The molecule has 0 aliphatic heterocycles. The first-order valence-electron chi connectivity index (χ1n) is 7.25. The number of aryl methyl sites for hydroxylation is 2. The molecule has 0 amide bonds. The second-order valence-electron chi connectivity index (χ2n) is 5.62. The molecule has 2 atom stereocenters. The average molecular weight is 350 g/mol. The lowest BCUT2D eigenvalue weighted by Gasteiger charge is -2.28. The van der Waals surface area contributed by atoms with Gasteiger partial charge in [0, 0.05) is 17.0 Å². The summed E-state index contributed by atoms with van der Waals surface area (Å²) >= 11 is 5.53. The summed E-state index contributed by atoms with van der Waals surface area (Å²) in [5, 5.41) is 3.83. The molecule has 106 valence electrons. The first-order chi connectivity index (χ1) is 9.65. The number of fused-ring (bicyclic) bond motifs is 1. The Labute approximate surface area is 133 Å². The molecule has 0 fully saturated rings. The van der Waals surface area contributed by atoms with Crippen molar-refractivity contribution in [3.05, 3.63) is 55.7 Å². The fourth-order valence-electron chi connectivity index (χ4n) is 3.16. The minimum absolute atomic E-state index is 0.394. The second-order valence-corrected chi connectivity index (χ2v) is 8.13. The fraction of sp³-hybridized carbons (Fsp3) is 0.412. The molecular weight excluding hydrogens is 330 g/mol. The average Bonchev–Trinajstić information content (AvgIpc) is 2.80. The molecule has 1 aromatic carbocycles. The number of halogens is 1. The number of rotatable bonds is 3. The normalized spacial score (nSPS) is 19.6. The van der Waals surface area contributed by atoms with E-state index < -0.39 is 0 Å². The smallest absolute Gasteiger partial charge is 0.0704 e. The zero-order valence-electron chi connectivity index (χ0n) is 11.9. The van der Waals surface area contributed by atoms with Crippen LogP contribution in [0, 0.1) is 6.92 Å². The third-order valence-electron chi connectivity index (χ3n) is 4.19. The van der Waals surface area contributed by atoms with Gasteiger partial charge in [0.1, 0.15) is 0 Å². The number of thiophene rings is 1. The molecule has 3 rings (SSSR count). The number of nitrogens with one attached hydrogen (secondary N) is 1. The Hall–Kier alpha value is -0.640. The highest BCUT2D eigenvalue weighted by Gasteiger charge is 2.24. The van der Waals surface area contributed by atoms with Crippen molar-refractivity contribution >= 4 is 27.3 Å². The van der Waals surface area contributed by atoms with Crippen LogP contribution in [0.2, 0.25) is 0 Å². The highest BCUT2D eigenvalue weighted by Crippen LogP contribution is 2.39. The quantitative estimate of drug-likeness (QED) is 0.766. The van der Waals surface area contributed by atoms with E-state index >= 15 is 0 Å². The van der Waals surface area contributed by atoms with E-state index in [1.807, 2.05) is 11.3 Å². The Kier molecular flexibility index (Phi) is 4.29. The molecule has 1 N–H and O–H groups in total. The minimum atomic E-state index is 0.394. The van der Waals surface area contributed by atoms with Crippen molar-refractivity contribution in [3.63, 3.8) is 0 Å². The van der Waals surface area contributed by atoms with Crippen LogP contribution in [-0.4, -0.2) is 0 Å². The summed E-state index contributed by atoms with van der Waals surface area (Å²) in [6, 6.07) is 11.9. The Balaban J connectivity index is 1.80. The molecule has 1 aromatic heterocycles. The summed E-state index contributed by atoms with van der Waals surface area (Å²) in [5.74, 6) is 0. The van der Waals surface area contributed by atoms with Crippen LogP contribution in [0.15, 0.2) is 34.1 Å². The SMILES string of the molecule is Cc1ccccc1C(C)NC1CCCc2sc(Br)cc21. The Morgan fingerprint density at radius 2 is 2.15 bits per heavy atom. The lowest BCUT2D eigenvalue weighted by Crippen LogP contribution is -2.27. The van der Waals surface area contributed by atoms with E-state index in [4.69, 9.17) is 0 Å². The molecule has 0 bridgehead atoms. The van der Waals surface area contributed by atoms with Gasteiger partial charge in [-0.05, 0) is 71.8 Å². The predicted molar refractivity (Wildman–Crippen MR) is 90.4 cm³/mol. The van der Waals surface area contributed by atoms with Gasteiger partial charge in [0.05, 0.1) is 3.79 Å². The molecule has 3 heteroatoms. The molecule has 0 saturated carbocycles. The van der Waals surface area contributed by atoms with Gasteiger partial charge in [0.15, 0.2) is 0 Å². The molecule has 2 unspecified atom stereocenters. The first-order valence-corrected chi connectivity index (χ1v) is 8.86. The Bertz CT molecular complexity index is 605. The first kappa shape index (κ1) is 14.3. The summed E-state index contributed by atoms with van der Waals surface area (Å²) in [5.41, 5.74) is 4.29. The maximum absolute atomic E-state index is 3.83. The van der Waals surface area contributed by atoms with Gasteiger partial charge in [-0.2, -0.15) is 0 Å². The van der Waals surface area contributed by atoms with Crippen molar-refractivity contribution in [2.45, 2.75) is 45.2 Å². The predicted octanol–water partition coefficient (Wildman–Crippen LogP) is 5.55. The van der Waals surface area contributed by atoms with E-state index in [-0.39, 0.29) is 0 Å². The van der Waals surface area contributed by atoms with Crippen LogP contribution < -0.4 is 5.32 Å². The molecule has 0 radical (unpaired) electrons. The molecular formula is C17H20BrNS.